The van der Waals surface area contributed by atoms with Crippen molar-refractivity contribution in [2.24, 2.45) is 11.8 Å². The highest BCUT2D eigenvalue weighted by Crippen LogP contribution is 2.61. The second-order valence-corrected chi connectivity index (χ2v) is 5.99. The third-order valence-electron chi connectivity index (χ3n) is 4.90. The van der Waals surface area contributed by atoms with Gasteiger partial charge in [0.15, 0.2) is 0 Å². The van der Waals surface area contributed by atoms with Crippen molar-refractivity contribution in [1.82, 2.24) is 0 Å². The minimum atomic E-state index is -1.04. The van der Waals surface area contributed by atoms with Crippen LogP contribution in [0.5, 0.6) is 0 Å². The average Bonchev–Trinajstić information content (AvgIpc) is 1.96. The van der Waals surface area contributed by atoms with Crippen molar-refractivity contribution in [1.29, 1.82) is 0 Å². The van der Waals surface area contributed by atoms with Crippen LogP contribution in [0.3, 0.4) is 0 Å². The molecule has 0 aliphatic heterocycles. The van der Waals surface area contributed by atoms with Crippen molar-refractivity contribution in [2.75, 3.05) is 0 Å². The van der Waals surface area contributed by atoms with Crippen molar-refractivity contribution in [3.63, 3.8) is 0 Å². The molecule has 0 heterocycles. The molecule has 0 aromatic heterocycles. The Balaban J connectivity index is 2.06. The summed E-state index contributed by atoms with van der Waals surface area (Å²) in [5, 5.41) is 30.9. The van der Waals surface area contributed by atoms with Gasteiger partial charge in [-0.2, -0.15) is 0 Å². The Morgan fingerprint density at radius 2 is 1.79 bits per heavy atom. The van der Waals surface area contributed by atoms with Crippen molar-refractivity contribution >= 4 is 0 Å². The van der Waals surface area contributed by atoms with E-state index < -0.39 is 16.8 Å². The highest BCUT2D eigenvalue weighted by atomic mass is 16.4. The Morgan fingerprint density at radius 3 is 2.36 bits per heavy atom. The molecule has 4 saturated carbocycles. The van der Waals surface area contributed by atoms with E-state index in [1.807, 2.05) is 0 Å². The summed E-state index contributed by atoms with van der Waals surface area (Å²) in [5.74, 6) is 0.497. The molecule has 4 rings (SSSR count). The lowest BCUT2D eigenvalue weighted by Gasteiger charge is -2.64. The van der Waals surface area contributed by atoms with Gasteiger partial charge >= 0.3 is 0 Å². The minimum Gasteiger partial charge on any atom is -0.390 e. The molecule has 4 aliphatic carbocycles. The second-order valence-electron chi connectivity index (χ2n) is 5.99. The van der Waals surface area contributed by atoms with Gasteiger partial charge in [0, 0.05) is 6.42 Å². The van der Waals surface area contributed by atoms with Crippen LogP contribution in [0, 0.1) is 11.8 Å². The quantitative estimate of drug-likeness (QED) is 0.529. The molecular weight excluding hydrogens is 180 g/mol. The standard InChI is InChI=1S/C11H18O3/c1-9(12)8-2-7-3-10(13,5-8)6-11(9,14)4-7/h7-8,12-14H,2-6H2,1H3. The molecule has 3 nitrogen and oxygen atoms in total. The first-order valence-electron chi connectivity index (χ1n) is 5.52. The summed E-state index contributed by atoms with van der Waals surface area (Å²) in [7, 11) is 0. The molecule has 4 aliphatic rings. The van der Waals surface area contributed by atoms with Crippen LogP contribution in [0.2, 0.25) is 0 Å². The van der Waals surface area contributed by atoms with Gasteiger partial charge in [-0.15, -0.1) is 0 Å². The highest BCUT2D eigenvalue weighted by Gasteiger charge is 2.66. The maximum Gasteiger partial charge on any atom is 0.0963 e. The smallest absolute Gasteiger partial charge is 0.0963 e. The summed E-state index contributed by atoms with van der Waals surface area (Å²) in [6.45, 7) is 1.73. The maximum absolute atomic E-state index is 10.4. The van der Waals surface area contributed by atoms with Crippen molar-refractivity contribution in [3.8, 4) is 0 Å². The van der Waals surface area contributed by atoms with Crippen LogP contribution in [0.4, 0.5) is 0 Å². The summed E-state index contributed by atoms with van der Waals surface area (Å²) in [5.41, 5.74) is -2.72. The third-order valence-corrected chi connectivity index (χ3v) is 4.90. The third kappa shape index (κ3) is 0.884. The zero-order chi connectivity index (χ0) is 10.2. The number of hydrogen-bond acceptors (Lipinski definition) is 3. The molecule has 0 amide bonds. The molecule has 5 atom stereocenters. The van der Waals surface area contributed by atoms with E-state index in [-0.39, 0.29) is 5.92 Å². The van der Waals surface area contributed by atoms with E-state index in [9.17, 15) is 15.3 Å². The first-order valence-corrected chi connectivity index (χ1v) is 5.52. The summed E-state index contributed by atoms with van der Waals surface area (Å²) < 4.78 is 0. The van der Waals surface area contributed by atoms with Crippen LogP contribution < -0.4 is 0 Å². The predicted octanol–water partition coefficient (Wildman–Crippen LogP) is 0.423. The lowest BCUT2D eigenvalue weighted by Crippen LogP contribution is -2.72. The van der Waals surface area contributed by atoms with Crippen molar-refractivity contribution < 1.29 is 15.3 Å². The average molecular weight is 198 g/mol. The van der Waals surface area contributed by atoms with E-state index in [0.29, 0.717) is 25.2 Å². The predicted molar refractivity (Wildman–Crippen MR) is 50.6 cm³/mol. The fourth-order valence-electron chi connectivity index (χ4n) is 4.24. The molecule has 0 aromatic carbocycles. The van der Waals surface area contributed by atoms with Gasteiger partial charge in [-0.1, -0.05) is 0 Å². The van der Waals surface area contributed by atoms with Crippen LogP contribution in [0.1, 0.15) is 39.0 Å². The Hall–Kier alpha value is -0.120. The monoisotopic (exact) mass is 198 g/mol. The van der Waals surface area contributed by atoms with Crippen LogP contribution >= 0.6 is 0 Å². The van der Waals surface area contributed by atoms with Crippen LogP contribution in [0.25, 0.3) is 0 Å². The number of aliphatic hydroxyl groups is 3. The Morgan fingerprint density at radius 1 is 1.07 bits per heavy atom. The largest absolute Gasteiger partial charge is 0.390 e. The zero-order valence-corrected chi connectivity index (χ0v) is 8.53. The summed E-state index contributed by atoms with van der Waals surface area (Å²) in [6.07, 6.45) is 3.48. The molecule has 14 heavy (non-hydrogen) atoms. The molecule has 4 bridgehead atoms. The summed E-state index contributed by atoms with van der Waals surface area (Å²) in [4.78, 5) is 0. The van der Waals surface area contributed by atoms with E-state index >= 15 is 0 Å². The van der Waals surface area contributed by atoms with Gasteiger partial charge in [-0.3, -0.25) is 0 Å². The van der Waals surface area contributed by atoms with Crippen molar-refractivity contribution in [3.05, 3.63) is 0 Å². The van der Waals surface area contributed by atoms with Gasteiger partial charge in [0.1, 0.15) is 0 Å². The van der Waals surface area contributed by atoms with Gasteiger partial charge in [-0.25, -0.2) is 0 Å². The molecule has 0 saturated heterocycles. The summed E-state index contributed by atoms with van der Waals surface area (Å²) in [6, 6.07) is 0. The molecular formula is C11H18O3. The van der Waals surface area contributed by atoms with Gasteiger partial charge in [-0.05, 0) is 44.4 Å². The van der Waals surface area contributed by atoms with Crippen LogP contribution in [-0.4, -0.2) is 32.1 Å². The molecule has 0 aromatic rings. The minimum absolute atomic E-state index is 0.0822. The zero-order valence-electron chi connectivity index (χ0n) is 8.53. The number of rotatable bonds is 0. The van der Waals surface area contributed by atoms with Gasteiger partial charge in [0.25, 0.3) is 0 Å². The van der Waals surface area contributed by atoms with E-state index in [0.717, 1.165) is 12.8 Å². The van der Waals surface area contributed by atoms with E-state index in [4.69, 9.17) is 0 Å². The van der Waals surface area contributed by atoms with Crippen LogP contribution in [-0.2, 0) is 0 Å². The molecule has 4 fully saturated rings. The van der Waals surface area contributed by atoms with Crippen LogP contribution in [0.15, 0.2) is 0 Å². The molecule has 80 valence electrons. The Bertz CT molecular complexity index is 288. The Kier molecular flexibility index (Phi) is 1.42. The molecule has 0 radical (unpaired) electrons. The summed E-state index contributed by atoms with van der Waals surface area (Å²) >= 11 is 0. The lowest BCUT2D eigenvalue weighted by atomic mass is 9.46. The topological polar surface area (TPSA) is 60.7 Å². The molecule has 3 N–H and O–H groups in total. The number of hydrogen-bond donors (Lipinski definition) is 3. The van der Waals surface area contributed by atoms with E-state index in [2.05, 4.69) is 0 Å². The fourth-order valence-corrected chi connectivity index (χ4v) is 4.24. The van der Waals surface area contributed by atoms with E-state index in [1.54, 1.807) is 6.92 Å². The first-order chi connectivity index (χ1) is 6.35. The lowest BCUT2D eigenvalue weighted by molar-refractivity contribution is -0.294. The molecule has 5 unspecified atom stereocenters. The molecule has 3 heteroatoms. The fraction of sp³-hybridized carbons (Fsp3) is 1.00. The molecule has 0 spiro atoms. The SMILES string of the molecule is CC1(O)C2CC3CC(O)(C2)CC1(O)C3. The maximum atomic E-state index is 10.4. The second kappa shape index (κ2) is 2.18. The normalized spacial score (nSPS) is 66.0. The first kappa shape index (κ1) is 9.13. The van der Waals surface area contributed by atoms with Crippen molar-refractivity contribution in [2.45, 2.75) is 55.8 Å². The van der Waals surface area contributed by atoms with Gasteiger partial charge < -0.3 is 15.3 Å². The van der Waals surface area contributed by atoms with Gasteiger partial charge in [0.05, 0.1) is 16.8 Å². The van der Waals surface area contributed by atoms with E-state index in [1.165, 1.54) is 0 Å². The highest BCUT2D eigenvalue weighted by molar-refractivity contribution is 5.18. The van der Waals surface area contributed by atoms with Gasteiger partial charge in [0.2, 0.25) is 0 Å². The Labute approximate surface area is 83.8 Å².